The van der Waals surface area contributed by atoms with Gasteiger partial charge >= 0.3 is 0 Å². The second kappa shape index (κ2) is 5.55. The van der Waals surface area contributed by atoms with Crippen LogP contribution in [0.4, 0.5) is 0 Å². The number of rotatable bonds is 3. The second-order valence-corrected chi connectivity index (χ2v) is 5.27. The van der Waals surface area contributed by atoms with E-state index in [9.17, 15) is 0 Å². The summed E-state index contributed by atoms with van der Waals surface area (Å²) >= 11 is 0. The van der Waals surface area contributed by atoms with Crippen molar-refractivity contribution in [1.82, 2.24) is 0 Å². The molecule has 1 heterocycles. The molecule has 0 saturated carbocycles. The summed E-state index contributed by atoms with van der Waals surface area (Å²) in [5, 5.41) is 0. The molecule has 3 rings (SSSR count). The van der Waals surface area contributed by atoms with Crippen LogP contribution in [0.5, 0.6) is 11.5 Å². The molecule has 0 fully saturated rings. The molecule has 3 heteroatoms. The van der Waals surface area contributed by atoms with Crippen molar-refractivity contribution < 1.29 is 9.47 Å². The van der Waals surface area contributed by atoms with Crippen LogP contribution in [0.2, 0.25) is 0 Å². The Kier molecular flexibility index (Phi) is 3.61. The molecule has 2 aromatic rings. The summed E-state index contributed by atoms with van der Waals surface area (Å²) in [4.78, 5) is 0. The van der Waals surface area contributed by atoms with Crippen molar-refractivity contribution in [2.75, 3.05) is 6.61 Å². The SMILES string of the molecule is Cc1cccc(CC(N)C2COc3ccccc3O2)c1. The largest absolute Gasteiger partial charge is 0.486 e. The van der Waals surface area contributed by atoms with E-state index >= 15 is 0 Å². The number of benzene rings is 2. The molecule has 0 aliphatic carbocycles. The van der Waals surface area contributed by atoms with Gasteiger partial charge in [0.1, 0.15) is 12.7 Å². The number of hydrogen-bond acceptors (Lipinski definition) is 3. The highest BCUT2D eigenvalue weighted by Gasteiger charge is 2.26. The topological polar surface area (TPSA) is 44.5 Å². The van der Waals surface area contributed by atoms with Crippen molar-refractivity contribution >= 4 is 0 Å². The maximum atomic E-state index is 6.28. The van der Waals surface area contributed by atoms with Crippen LogP contribution in [-0.4, -0.2) is 18.8 Å². The summed E-state index contributed by atoms with van der Waals surface area (Å²) in [6.07, 6.45) is 0.683. The van der Waals surface area contributed by atoms with Crippen LogP contribution in [0.25, 0.3) is 0 Å². The molecule has 0 bridgehead atoms. The molecular formula is C17H19NO2. The van der Waals surface area contributed by atoms with Crippen LogP contribution in [0.3, 0.4) is 0 Å². The second-order valence-electron chi connectivity index (χ2n) is 5.27. The smallest absolute Gasteiger partial charge is 0.161 e. The molecule has 2 atom stereocenters. The van der Waals surface area contributed by atoms with Crippen LogP contribution in [0.15, 0.2) is 48.5 Å². The fraction of sp³-hybridized carbons (Fsp3) is 0.294. The Balaban J connectivity index is 1.68. The van der Waals surface area contributed by atoms with Gasteiger partial charge in [-0.15, -0.1) is 0 Å². The number of fused-ring (bicyclic) bond motifs is 1. The van der Waals surface area contributed by atoms with Crippen molar-refractivity contribution in [3.05, 3.63) is 59.7 Å². The van der Waals surface area contributed by atoms with Gasteiger partial charge in [-0.1, -0.05) is 42.0 Å². The third-order valence-corrected chi connectivity index (χ3v) is 3.56. The third-order valence-electron chi connectivity index (χ3n) is 3.56. The summed E-state index contributed by atoms with van der Waals surface area (Å²) in [6, 6.07) is 16.0. The highest BCUT2D eigenvalue weighted by Crippen LogP contribution is 2.31. The minimum atomic E-state index is -0.106. The zero-order valence-corrected chi connectivity index (χ0v) is 11.6. The summed E-state index contributed by atoms with van der Waals surface area (Å²) in [5.74, 6) is 1.58. The molecule has 2 N–H and O–H groups in total. The fourth-order valence-electron chi connectivity index (χ4n) is 2.49. The van der Waals surface area contributed by atoms with Crippen molar-refractivity contribution in [2.45, 2.75) is 25.5 Å². The lowest BCUT2D eigenvalue weighted by Crippen LogP contribution is -2.46. The number of para-hydroxylation sites is 2. The standard InChI is InChI=1S/C17H19NO2/c1-12-5-4-6-13(9-12)10-14(18)17-11-19-15-7-2-3-8-16(15)20-17/h2-9,14,17H,10-11,18H2,1H3. The summed E-state index contributed by atoms with van der Waals surface area (Å²) < 4.78 is 11.7. The van der Waals surface area contributed by atoms with E-state index in [1.807, 2.05) is 24.3 Å². The van der Waals surface area contributed by atoms with Gasteiger partial charge in [0.25, 0.3) is 0 Å². The first-order valence-corrected chi connectivity index (χ1v) is 6.92. The van der Waals surface area contributed by atoms with Crippen LogP contribution >= 0.6 is 0 Å². The van der Waals surface area contributed by atoms with Crippen LogP contribution in [0.1, 0.15) is 11.1 Å². The maximum absolute atomic E-state index is 6.28. The van der Waals surface area contributed by atoms with Gasteiger partial charge in [-0.2, -0.15) is 0 Å². The summed E-state index contributed by atoms with van der Waals surface area (Å²) in [5.41, 5.74) is 8.77. The van der Waals surface area contributed by atoms with Gasteiger partial charge in [0, 0.05) is 6.04 Å². The molecule has 1 aliphatic heterocycles. The average molecular weight is 269 g/mol. The van der Waals surface area contributed by atoms with E-state index in [1.54, 1.807) is 0 Å². The zero-order valence-electron chi connectivity index (χ0n) is 11.6. The molecule has 20 heavy (non-hydrogen) atoms. The first-order chi connectivity index (χ1) is 9.72. The molecule has 0 spiro atoms. The minimum Gasteiger partial charge on any atom is -0.486 e. The number of ether oxygens (including phenoxy) is 2. The van der Waals surface area contributed by atoms with Crippen LogP contribution in [-0.2, 0) is 6.42 Å². The van der Waals surface area contributed by atoms with Crippen LogP contribution in [0, 0.1) is 6.92 Å². The predicted octanol–water partition coefficient (Wildman–Crippen LogP) is 2.70. The van der Waals surface area contributed by atoms with E-state index < -0.39 is 0 Å². The number of nitrogens with two attached hydrogens (primary N) is 1. The minimum absolute atomic E-state index is 0.0786. The van der Waals surface area contributed by atoms with Crippen molar-refractivity contribution in [1.29, 1.82) is 0 Å². The predicted molar refractivity (Wildman–Crippen MR) is 79.2 cm³/mol. The fourth-order valence-corrected chi connectivity index (χ4v) is 2.49. The van der Waals surface area contributed by atoms with E-state index in [0.29, 0.717) is 6.61 Å². The highest BCUT2D eigenvalue weighted by atomic mass is 16.6. The lowest BCUT2D eigenvalue weighted by molar-refractivity contribution is 0.0723. The van der Waals surface area contributed by atoms with E-state index in [0.717, 1.165) is 17.9 Å². The summed E-state index contributed by atoms with van der Waals surface area (Å²) in [7, 11) is 0. The highest BCUT2D eigenvalue weighted by molar-refractivity contribution is 5.40. The average Bonchev–Trinajstić information content (AvgIpc) is 2.47. The molecule has 0 amide bonds. The Bertz CT molecular complexity index is 597. The third kappa shape index (κ3) is 2.78. The first-order valence-electron chi connectivity index (χ1n) is 6.92. The summed E-state index contributed by atoms with van der Waals surface area (Å²) in [6.45, 7) is 2.59. The lowest BCUT2D eigenvalue weighted by Gasteiger charge is -2.30. The van der Waals surface area contributed by atoms with E-state index in [1.165, 1.54) is 11.1 Å². The maximum Gasteiger partial charge on any atom is 0.161 e. The molecular weight excluding hydrogens is 250 g/mol. The Morgan fingerprint density at radius 1 is 1.15 bits per heavy atom. The molecule has 0 saturated heterocycles. The zero-order chi connectivity index (χ0) is 13.9. The van der Waals surface area contributed by atoms with E-state index in [2.05, 4.69) is 31.2 Å². The van der Waals surface area contributed by atoms with Gasteiger partial charge in [0.15, 0.2) is 11.5 Å². The molecule has 2 aromatic carbocycles. The number of aryl methyl sites for hydroxylation is 1. The lowest BCUT2D eigenvalue weighted by atomic mass is 10.0. The quantitative estimate of drug-likeness (QED) is 0.931. The Labute approximate surface area is 119 Å². The number of hydrogen-bond donors (Lipinski definition) is 1. The molecule has 3 nitrogen and oxygen atoms in total. The Morgan fingerprint density at radius 3 is 2.75 bits per heavy atom. The van der Waals surface area contributed by atoms with E-state index in [4.69, 9.17) is 15.2 Å². The van der Waals surface area contributed by atoms with Crippen molar-refractivity contribution in [3.8, 4) is 11.5 Å². The van der Waals surface area contributed by atoms with E-state index in [-0.39, 0.29) is 12.1 Å². The van der Waals surface area contributed by atoms with Gasteiger partial charge in [-0.25, -0.2) is 0 Å². The molecule has 0 aromatic heterocycles. The first kappa shape index (κ1) is 13.0. The molecule has 1 aliphatic rings. The van der Waals surface area contributed by atoms with Crippen molar-refractivity contribution in [2.24, 2.45) is 5.73 Å². The van der Waals surface area contributed by atoms with Gasteiger partial charge < -0.3 is 15.2 Å². The van der Waals surface area contributed by atoms with Gasteiger partial charge in [-0.3, -0.25) is 0 Å². The Morgan fingerprint density at radius 2 is 1.95 bits per heavy atom. The van der Waals surface area contributed by atoms with Crippen molar-refractivity contribution in [3.63, 3.8) is 0 Å². The molecule has 2 unspecified atom stereocenters. The van der Waals surface area contributed by atoms with Gasteiger partial charge in [0.05, 0.1) is 0 Å². The molecule has 0 radical (unpaired) electrons. The van der Waals surface area contributed by atoms with Crippen LogP contribution < -0.4 is 15.2 Å². The monoisotopic (exact) mass is 269 g/mol. The van der Waals surface area contributed by atoms with Gasteiger partial charge in [0.2, 0.25) is 0 Å². The van der Waals surface area contributed by atoms with Gasteiger partial charge in [-0.05, 0) is 31.0 Å². The Hall–Kier alpha value is -2.00. The molecule has 104 valence electrons. The normalized spacial score (nSPS) is 18.6.